The molecule has 0 amide bonds. The van der Waals surface area contributed by atoms with Crippen LogP contribution in [0.3, 0.4) is 0 Å². The van der Waals surface area contributed by atoms with Crippen LogP contribution in [0.1, 0.15) is 34.6 Å². The number of allylic oxidation sites excluding steroid dienone is 4. The Morgan fingerprint density at radius 1 is 0.885 bits per heavy atom. The molecule has 1 nitrogen and oxygen atoms in total. The number of aromatic hydroxyl groups is 1. The molecule has 0 saturated carbocycles. The molecule has 2 aromatic carbocycles. The summed E-state index contributed by atoms with van der Waals surface area (Å²) in [6.45, 7) is 10.9. The van der Waals surface area contributed by atoms with Gasteiger partial charge in [0, 0.05) is 5.56 Å². The van der Waals surface area contributed by atoms with E-state index in [1.165, 1.54) is 16.7 Å². The van der Waals surface area contributed by atoms with E-state index in [2.05, 4.69) is 40.7 Å². The molecule has 0 saturated heterocycles. The van der Waals surface area contributed by atoms with Crippen LogP contribution in [0.4, 0.5) is 0 Å². The summed E-state index contributed by atoms with van der Waals surface area (Å²) >= 11 is -0.556. The van der Waals surface area contributed by atoms with Crippen molar-refractivity contribution in [2.75, 3.05) is 0 Å². The van der Waals surface area contributed by atoms with Crippen molar-refractivity contribution in [3.8, 4) is 16.9 Å². The van der Waals surface area contributed by atoms with Gasteiger partial charge in [0.2, 0.25) is 0 Å². The van der Waals surface area contributed by atoms with Crippen molar-refractivity contribution in [3.63, 3.8) is 0 Å². The van der Waals surface area contributed by atoms with Crippen LogP contribution in [0, 0.1) is 11.5 Å². The zero-order chi connectivity index (χ0) is 19.7. The van der Waals surface area contributed by atoms with Gasteiger partial charge in [0.25, 0.3) is 0 Å². The fraction of sp³-hybridized carbons (Fsp3) is 0.273. The molecular weight excluding hydrogens is 399 g/mol. The maximum absolute atomic E-state index is 9.56. The monoisotopic (exact) mass is 423 g/mol. The van der Waals surface area contributed by atoms with Crippen LogP contribution >= 0.6 is 18.6 Å². The van der Waals surface area contributed by atoms with E-state index in [9.17, 15) is 5.11 Å². The first-order valence-corrected chi connectivity index (χ1v) is 12.6. The van der Waals surface area contributed by atoms with Gasteiger partial charge in [-0.3, -0.25) is 6.08 Å². The van der Waals surface area contributed by atoms with Gasteiger partial charge in [-0.1, -0.05) is 81.6 Å². The summed E-state index contributed by atoms with van der Waals surface area (Å²) in [6.07, 6.45) is 3.44. The Kier molecular flexibility index (Phi) is 9.75. The molecule has 0 atom stereocenters. The van der Waals surface area contributed by atoms with Gasteiger partial charge < -0.3 is 5.11 Å². The minimum absolute atomic E-state index is 0.189. The van der Waals surface area contributed by atoms with Crippen LogP contribution in [-0.4, -0.2) is 5.11 Å². The summed E-state index contributed by atoms with van der Waals surface area (Å²) < 4.78 is 0. The Bertz CT molecular complexity index is 765. The third-order valence-electron chi connectivity index (χ3n) is 4.55. The topological polar surface area (TPSA) is 20.2 Å². The van der Waals surface area contributed by atoms with Crippen molar-refractivity contribution in [1.82, 2.24) is 0 Å². The van der Waals surface area contributed by atoms with E-state index in [0.717, 1.165) is 11.1 Å². The fourth-order valence-electron chi connectivity index (χ4n) is 2.74. The number of hydrogen-bond acceptors (Lipinski definition) is 1. The summed E-state index contributed by atoms with van der Waals surface area (Å²) in [6, 6.07) is 17.2. The summed E-state index contributed by atoms with van der Waals surface area (Å²) in [7, 11) is 9.78. The van der Waals surface area contributed by atoms with Crippen molar-refractivity contribution in [1.29, 1.82) is 0 Å². The van der Waals surface area contributed by atoms with E-state index in [1.54, 1.807) is 6.07 Å². The van der Waals surface area contributed by atoms with Crippen molar-refractivity contribution in [3.05, 3.63) is 77.4 Å². The average Bonchev–Trinajstić information content (AvgIpc) is 2.79. The van der Waals surface area contributed by atoms with Crippen LogP contribution < -0.4 is 0 Å². The van der Waals surface area contributed by atoms with E-state index in [-0.39, 0.29) is 5.41 Å². The minimum atomic E-state index is -0.556. The van der Waals surface area contributed by atoms with E-state index in [0.29, 0.717) is 5.75 Å². The molecule has 0 spiro atoms. The quantitative estimate of drug-likeness (QED) is 0.370. The van der Waals surface area contributed by atoms with E-state index < -0.39 is 17.0 Å². The van der Waals surface area contributed by atoms with Gasteiger partial charge in [0.15, 0.2) is 0 Å². The summed E-state index contributed by atoms with van der Waals surface area (Å²) in [4.78, 5) is 0. The first kappa shape index (κ1) is 23.1. The molecular formula is C22H25Cl2OTi-. The second kappa shape index (κ2) is 11.0. The number of halogens is 2. The molecule has 0 aliphatic heterocycles. The molecule has 0 fully saturated rings. The molecule has 2 aromatic rings. The number of phenolic OH excluding ortho intramolecular Hbond substituents is 1. The maximum atomic E-state index is 9.56. The van der Waals surface area contributed by atoms with Gasteiger partial charge >= 0.3 is 35.6 Å². The average molecular weight is 424 g/mol. The van der Waals surface area contributed by atoms with Crippen molar-refractivity contribution in [2.24, 2.45) is 5.41 Å². The molecule has 1 aliphatic carbocycles. The van der Waals surface area contributed by atoms with Gasteiger partial charge in [-0.2, -0.15) is 11.1 Å². The Hall–Kier alpha value is -0.986. The second-order valence-corrected chi connectivity index (χ2v) is 9.16. The van der Waals surface area contributed by atoms with Crippen molar-refractivity contribution < 1.29 is 22.1 Å². The van der Waals surface area contributed by atoms with Crippen molar-refractivity contribution >= 4 is 18.6 Å². The third-order valence-corrected chi connectivity index (χ3v) is 4.55. The summed E-state index contributed by atoms with van der Waals surface area (Å²) in [5, 5.41) is 9.56. The number of rotatable bonds is 1. The van der Waals surface area contributed by atoms with Gasteiger partial charge in [0.05, 0.1) is 0 Å². The van der Waals surface area contributed by atoms with E-state index in [4.69, 9.17) is 18.6 Å². The SMILES string of the molecule is CC1=[C-]C(C)(C)C(C)=C1C.Oc1ccccc1-c1ccccc1.[Cl][Ti][Cl]. The predicted molar refractivity (Wildman–Crippen MR) is 110 cm³/mol. The number of hydrogen-bond donors (Lipinski definition) is 1. The normalized spacial score (nSPS) is 14.5. The molecule has 4 heteroatoms. The molecule has 138 valence electrons. The Balaban J connectivity index is 0.000000233. The molecule has 0 unspecified atom stereocenters. The third kappa shape index (κ3) is 6.63. The number of benzene rings is 2. The van der Waals surface area contributed by atoms with Crippen LogP contribution in [-0.2, 0) is 17.0 Å². The molecule has 0 bridgehead atoms. The standard InChI is InChI=1S/C12H10O.C10H15.2ClH.Ti/c13-12-9-5-4-8-11(12)10-6-2-1-3-7-10;1-7-6-10(4,5)9(3)8(7)2;;;/h1-9,13H;1-5H3;2*1H;/q;-1;;;+2/p-2. The molecule has 3 rings (SSSR count). The Morgan fingerprint density at radius 2 is 1.38 bits per heavy atom. The van der Waals surface area contributed by atoms with Crippen LogP contribution in [0.15, 0.2) is 71.3 Å². The van der Waals surface area contributed by atoms with Gasteiger partial charge in [-0.25, -0.2) is 5.57 Å². The Labute approximate surface area is 174 Å². The van der Waals surface area contributed by atoms with Gasteiger partial charge in [0.1, 0.15) is 5.75 Å². The molecule has 1 aliphatic rings. The Morgan fingerprint density at radius 3 is 1.77 bits per heavy atom. The van der Waals surface area contributed by atoms with E-state index in [1.807, 2.05) is 48.5 Å². The van der Waals surface area contributed by atoms with E-state index >= 15 is 0 Å². The second-order valence-electron chi connectivity index (χ2n) is 6.58. The molecule has 0 heterocycles. The zero-order valence-electron chi connectivity index (χ0n) is 15.9. The summed E-state index contributed by atoms with van der Waals surface area (Å²) in [5.41, 5.74) is 6.31. The van der Waals surface area contributed by atoms with Crippen molar-refractivity contribution in [2.45, 2.75) is 34.6 Å². The summed E-state index contributed by atoms with van der Waals surface area (Å²) in [5.74, 6) is 0.328. The molecule has 0 radical (unpaired) electrons. The molecule has 0 aromatic heterocycles. The fourth-order valence-corrected chi connectivity index (χ4v) is 2.74. The van der Waals surface area contributed by atoms with Crippen LogP contribution in [0.25, 0.3) is 11.1 Å². The molecule has 26 heavy (non-hydrogen) atoms. The number of para-hydroxylation sites is 1. The number of phenols is 1. The van der Waals surface area contributed by atoms with Crippen LogP contribution in [0.2, 0.25) is 0 Å². The van der Waals surface area contributed by atoms with Gasteiger partial charge in [-0.15, -0.1) is 6.92 Å². The first-order valence-electron chi connectivity index (χ1n) is 8.34. The first-order chi connectivity index (χ1) is 12.2. The zero-order valence-corrected chi connectivity index (χ0v) is 19.0. The van der Waals surface area contributed by atoms with Crippen LogP contribution in [0.5, 0.6) is 5.75 Å². The predicted octanol–water partition coefficient (Wildman–Crippen LogP) is 7.55. The van der Waals surface area contributed by atoms with Gasteiger partial charge in [-0.05, 0) is 11.6 Å². The molecule has 1 N–H and O–H groups in total.